The molecule has 0 saturated heterocycles. The second-order valence-corrected chi connectivity index (χ2v) is 8.47. The molecule has 1 aromatic heterocycles. The van der Waals surface area contributed by atoms with Crippen LogP contribution in [-0.2, 0) is 10.2 Å². The topological polar surface area (TPSA) is 90.7 Å². The Morgan fingerprint density at radius 1 is 1.12 bits per heavy atom. The van der Waals surface area contributed by atoms with Gasteiger partial charge in [0.25, 0.3) is 0 Å². The molecular formula is C23H26N4O4S. The molecule has 0 radical (unpaired) electrons. The van der Waals surface area contributed by atoms with E-state index in [0.29, 0.717) is 27.7 Å². The summed E-state index contributed by atoms with van der Waals surface area (Å²) in [5.41, 5.74) is 2.81. The number of carbonyl (C=O) groups is 1. The molecule has 3 aromatic rings. The monoisotopic (exact) mass is 454 g/mol. The fraction of sp³-hybridized carbons (Fsp3) is 0.304. The molecule has 0 aliphatic rings. The number of hydrogen-bond acceptors (Lipinski definition) is 7. The van der Waals surface area contributed by atoms with Gasteiger partial charge in [0.05, 0.1) is 20.4 Å². The summed E-state index contributed by atoms with van der Waals surface area (Å²) in [5.74, 6) is 1.00. The van der Waals surface area contributed by atoms with E-state index in [9.17, 15) is 4.79 Å². The van der Waals surface area contributed by atoms with E-state index in [4.69, 9.17) is 26.4 Å². The molecule has 9 heteroatoms. The Bertz CT molecular complexity index is 1180. The lowest BCUT2D eigenvalue weighted by atomic mass is 9.87. The fourth-order valence-corrected chi connectivity index (χ4v) is 3.23. The molecule has 0 amide bonds. The second-order valence-electron chi connectivity index (χ2n) is 8.08. The largest absolute Gasteiger partial charge is 0.493 e. The van der Waals surface area contributed by atoms with Crippen LogP contribution in [-0.4, -0.2) is 41.3 Å². The van der Waals surface area contributed by atoms with Gasteiger partial charge in [-0.25, -0.2) is 5.10 Å². The number of methoxy groups -OCH3 is 2. The van der Waals surface area contributed by atoms with Gasteiger partial charge in [-0.1, -0.05) is 45.0 Å². The highest BCUT2D eigenvalue weighted by atomic mass is 32.1. The number of hydrogen-bond donors (Lipinski definition) is 1. The lowest BCUT2D eigenvalue weighted by Crippen LogP contribution is -2.10. The Morgan fingerprint density at radius 3 is 2.22 bits per heavy atom. The fourth-order valence-electron chi connectivity index (χ4n) is 3.05. The molecular weight excluding hydrogens is 428 g/mol. The van der Waals surface area contributed by atoms with Gasteiger partial charge in [0, 0.05) is 18.1 Å². The summed E-state index contributed by atoms with van der Waals surface area (Å²) in [6, 6.07) is 11.5. The van der Waals surface area contributed by atoms with Crippen molar-refractivity contribution in [2.45, 2.75) is 33.1 Å². The molecule has 2 aromatic carbocycles. The van der Waals surface area contributed by atoms with E-state index in [1.807, 2.05) is 12.1 Å². The third-order valence-corrected chi connectivity index (χ3v) is 4.97. The molecule has 0 unspecified atom stereocenters. The van der Waals surface area contributed by atoms with Crippen molar-refractivity contribution in [1.82, 2.24) is 14.9 Å². The summed E-state index contributed by atoms with van der Waals surface area (Å²) in [6.07, 6.45) is 1.60. The van der Waals surface area contributed by atoms with Crippen LogP contribution in [0.1, 0.15) is 38.8 Å². The number of benzene rings is 2. The van der Waals surface area contributed by atoms with Gasteiger partial charge in [-0.2, -0.15) is 14.9 Å². The second kappa shape index (κ2) is 9.35. The number of carbonyl (C=O) groups excluding carboxylic acids is 1. The highest BCUT2D eigenvalue weighted by molar-refractivity contribution is 7.71. The number of H-pyrrole nitrogens is 1. The van der Waals surface area contributed by atoms with Gasteiger partial charge in [0.2, 0.25) is 10.5 Å². The Balaban J connectivity index is 1.98. The number of esters is 1. The van der Waals surface area contributed by atoms with Gasteiger partial charge >= 0.3 is 5.97 Å². The Labute approximate surface area is 191 Å². The minimum atomic E-state index is -0.477. The van der Waals surface area contributed by atoms with Crippen LogP contribution in [0.5, 0.6) is 17.2 Å². The standard InChI is InChI=1S/C23H26N4O4S/c1-14(28)31-20-18(29-5)11-15(12-19(20)30-6)13-24-27-21(25-26-22(27)32)16-7-9-17(10-8-16)23(2,3)4/h7-13H,1-6H3,(H,26,32). The van der Waals surface area contributed by atoms with Crippen LogP contribution in [0.15, 0.2) is 41.5 Å². The smallest absolute Gasteiger partial charge is 0.308 e. The highest BCUT2D eigenvalue weighted by Crippen LogP contribution is 2.38. The van der Waals surface area contributed by atoms with E-state index in [0.717, 1.165) is 5.56 Å². The molecule has 1 heterocycles. The average Bonchev–Trinajstić information content (AvgIpc) is 3.12. The first-order valence-corrected chi connectivity index (χ1v) is 10.3. The van der Waals surface area contributed by atoms with Crippen LogP contribution in [0, 0.1) is 4.77 Å². The predicted molar refractivity (Wildman–Crippen MR) is 125 cm³/mol. The van der Waals surface area contributed by atoms with Crippen LogP contribution < -0.4 is 14.2 Å². The number of rotatable bonds is 6. The van der Waals surface area contributed by atoms with Crippen molar-refractivity contribution in [3.8, 4) is 28.6 Å². The maximum absolute atomic E-state index is 11.4. The van der Waals surface area contributed by atoms with Gasteiger partial charge in [0.15, 0.2) is 17.3 Å². The number of aromatic nitrogens is 3. The van der Waals surface area contributed by atoms with Gasteiger partial charge in [0.1, 0.15) is 0 Å². The first-order valence-electron chi connectivity index (χ1n) is 9.91. The minimum Gasteiger partial charge on any atom is -0.493 e. The zero-order valence-corrected chi connectivity index (χ0v) is 19.7. The van der Waals surface area contributed by atoms with Crippen molar-refractivity contribution in [1.29, 1.82) is 0 Å². The van der Waals surface area contributed by atoms with E-state index in [1.54, 1.807) is 23.0 Å². The average molecular weight is 455 g/mol. The molecule has 0 saturated carbocycles. The van der Waals surface area contributed by atoms with E-state index in [-0.39, 0.29) is 11.2 Å². The Morgan fingerprint density at radius 2 is 1.72 bits per heavy atom. The summed E-state index contributed by atoms with van der Waals surface area (Å²) >= 11 is 5.36. The van der Waals surface area contributed by atoms with Crippen molar-refractivity contribution in [2.24, 2.45) is 5.10 Å². The van der Waals surface area contributed by atoms with Crippen molar-refractivity contribution in [3.05, 3.63) is 52.3 Å². The quantitative estimate of drug-likeness (QED) is 0.251. The Hall–Kier alpha value is -3.46. The zero-order chi connectivity index (χ0) is 23.5. The highest BCUT2D eigenvalue weighted by Gasteiger charge is 2.17. The van der Waals surface area contributed by atoms with Gasteiger partial charge in [-0.3, -0.25) is 4.79 Å². The first-order chi connectivity index (χ1) is 15.1. The van der Waals surface area contributed by atoms with Crippen LogP contribution in [0.25, 0.3) is 11.4 Å². The van der Waals surface area contributed by atoms with Crippen molar-refractivity contribution in [2.75, 3.05) is 14.2 Å². The maximum Gasteiger partial charge on any atom is 0.308 e. The maximum atomic E-state index is 11.4. The molecule has 0 aliphatic heterocycles. The molecule has 0 bridgehead atoms. The third kappa shape index (κ3) is 5.05. The van der Waals surface area contributed by atoms with E-state index in [2.05, 4.69) is 48.2 Å². The molecule has 0 atom stereocenters. The minimum absolute atomic E-state index is 0.0534. The van der Waals surface area contributed by atoms with Crippen LogP contribution >= 0.6 is 12.2 Å². The molecule has 0 spiro atoms. The van der Waals surface area contributed by atoms with Crippen LogP contribution in [0.2, 0.25) is 0 Å². The summed E-state index contributed by atoms with van der Waals surface area (Å²) in [7, 11) is 2.96. The molecule has 0 aliphatic carbocycles. The number of aromatic amines is 1. The molecule has 0 fully saturated rings. The lowest BCUT2D eigenvalue weighted by molar-refractivity contribution is -0.132. The summed E-state index contributed by atoms with van der Waals surface area (Å²) in [4.78, 5) is 11.4. The lowest BCUT2D eigenvalue weighted by Gasteiger charge is -2.18. The van der Waals surface area contributed by atoms with Crippen LogP contribution in [0.3, 0.4) is 0 Å². The molecule has 32 heavy (non-hydrogen) atoms. The molecule has 168 valence electrons. The molecule has 8 nitrogen and oxygen atoms in total. The predicted octanol–water partition coefficient (Wildman–Crippen LogP) is 4.73. The van der Waals surface area contributed by atoms with Gasteiger partial charge in [-0.15, -0.1) is 0 Å². The molecule has 1 N–H and O–H groups in total. The number of nitrogens with one attached hydrogen (secondary N) is 1. The van der Waals surface area contributed by atoms with E-state index < -0.39 is 5.97 Å². The van der Waals surface area contributed by atoms with Crippen molar-refractivity contribution >= 4 is 24.4 Å². The summed E-state index contributed by atoms with van der Waals surface area (Å²) < 4.78 is 17.8. The van der Waals surface area contributed by atoms with Crippen LogP contribution in [0.4, 0.5) is 0 Å². The van der Waals surface area contributed by atoms with Crippen molar-refractivity contribution < 1.29 is 19.0 Å². The summed E-state index contributed by atoms with van der Waals surface area (Å²) in [5, 5.41) is 11.6. The van der Waals surface area contributed by atoms with E-state index >= 15 is 0 Å². The zero-order valence-electron chi connectivity index (χ0n) is 18.9. The van der Waals surface area contributed by atoms with Gasteiger partial charge in [-0.05, 0) is 35.3 Å². The van der Waals surface area contributed by atoms with Crippen molar-refractivity contribution in [3.63, 3.8) is 0 Å². The normalized spacial score (nSPS) is 11.6. The SMILES string of the molecule is COc1cc(C=Nn2c(-c3ccc(C(C)(C)C)cc3)n[nH]c2=S)cc(OC)c1OC(C)=O. The number of nitrogens with zero attached hydrogens (tertiary/aromatic N) is 3. The summed E-state index contributed by atoms with van der Waals surface area (Å²) in [6.45, 7) is 7.80. The Kier molecular flexibility index (Phi) is 6.78. The molecule has 3 rings (SSSR count). The number of ether oxygens (including phenoxy) is 3. The van der Waals surface area contributed by atoms with Gasteiger partial charge < -0.3 is 14.2 Å². The van der Waals surface area contributed by atoms with E-state index in [1.165, 1.54) is 26.7 Å². The third-order valence-electron chi connectivity index (χ3n) is 4.71. The first kappa shape index (κ1) is 23.2.